The first kappa shape index (κ1) is 23.6. The molecule has 0 aromatic heterocycles. The number of carbonyl (C=O) groups is 3. The minimum atomic E-state index is -0.420. The molecule has 31 heavy (non-hydrogen) atoms. The second-order valence-electron chi connectivity index (χ2n) is 9.76. The number of allylic oxidation sites excluding steroid dienone is 2. The first-order chi connectivity index (χ1) is 14.7. The zero-order valence-electron chi connectivity index (χ0n) is 19.6. The molecule has 1 unspecified atom stereocenters. The summed E-state index contributed by atoms with van der Waals surface area (Å²) in [6.45, 7) is 11.0. The van der Waals surface area contributed by atoms with Gasteiger partial charge in [0.15, 0.2) is 0 Å². The number of ether oxygens (including phenoxy) is 3. The average Bonchev–Trinajstić information content (AvgIpc) is 2.92. The number of aldehydes is 1. The third-order valence-corrected chi connectivity index (χ3v) is 7.86. The monoisotopic (exact) mass is 432 g/mol. The van der Waals surface area contributed by atoms with Crippen LogP contribution in [0.25, 0.3) is 0 Å². The van der Waals surface area contributed by atoms with Crippen molar-refractivity contribution < 1.29 is 28.6 Å². The van der Waals surface area contributed by atoms with E-state index in [9.17, 15) is 14.4 Å². The van der Waals surface area contributed by atoms with Crippen LogP contribution < -0.4 is 0 Å². The highest BCUT2D eigenvalue weighted by atomic mass is 16.5. The molecule has 2 aliphatic carbocycles. The van der Waals surface area contributed by atoms with Gasteiger partial charge in [0.1, 0.15) is 24.3 Å². The highest BCUT2D eigenvalue weighted by Gasteiger charge is 2.63. The number of esters is 2. The molecule has 6 nitrogen and oxygen atoms in total. The van der Waals surface area contributed by atoms with Gasteiger partial charge in [-0.3, -0.25) is 14.4 Å². The van der Waals surface area contributed by atoms with Gasteiger partial charge in [-0.1, -0.05) is 41.0 Å². The Morgan fingerprint density at radius 2 is 1.94 bits per heavy atom. The van der Waals surface area contributed by atoms with Crippen LogP contribution >= 0.6 is 0 Å². The normalized spacial score (nSPS) is 38.5. The van der Waals surface area contributed by atoms with E-state index >= 15 is 0 Å². The Morgan fingerprint density at radius 3 is 2.55 bits per heavy atom. The second-order valence-corrected chi connectivity index (χ2v) is 9.76. The van der Waals surface area contributed by atoms with Crippen LogP contribution in [0.15, 0.2) is 23.5 Å². The molecule has 0 amide bonds. The predicted octanol–water partition coefficient (Wildman–Crippen LogP) is 4.23. The third-order valence-electron chi connectivity index (χ3n) is 7.86. The molecule has 2 fully saturated rings. The van der Waals surface area contributed by atoms with Gasteiger partial charge in [-0.15, -0.1) is 0 Å². The summed E-state index contributed by atoms with van der Waals surface area (Å²) >= 11 is 0. The molecule has 3 rings (SSSR count). The summed E-state index contributed by atoms with van der Waals surface area (Å²) in [7, 11) is 1.31. The van der Waals surface area contributed by atoms with Crippen molar-refractivity contribution in [3.8, 4) is 0 Å². The summed E-state index contributed by atoms with van der Waals surface area (Å²) in [5.74, 6) is 1.31. The first-order valence-corrected chi connectivity index (χ1v) is 11.5. The minimum Gasteiger partial charge on any atom is -0.490 e. The standard InChI is InChI=1S/C25H36O6/c1-7-14(2)23-18-13-17-22(25(23,5)19(30-18)10-11-26)15(3)12-16(4)24(17)31-21(28)9-8-20(27)29-6/h10-11,13-16,18,22-24H,7-9,12H2,1-6H3/b19-10-/t14?,15-,16+,18+,22+,23+,24-,25-/m1/s1. The van der Waals surface area contributed by atoms with Gasteiger partial charge in [0.25, 0.3) is 0 Å². The lowest BCUT2D eigenvalue weighted by Crippen LogP contribution is -2.51. The molecule has 0 spiro atoms. The molecular weight excluding hydrogens is 396 g/mol. The predicted molar refractivity (Wildman–Crippen MR) is 116 cm³/mol. The number of hydrogen-bond donors (Lipinski definition) is 0. The fourth-order valence-corrected chi connectivity index (χ4v) is 6.50. The topological polar surface area (TPSA) is 78.9 Å². The summed E-state index contributed by atoms with van der Waals surface area (Å²) in [5.41, 5.74) is 0.792. The Balaban J connectivity index is 1.96. The number of rotatable bonds is 7. The number of carbonyl (C=O) groups excluding carboxylic acids is 3. The third kappa shape index (κ3) is 4.06. The zero-order chi connectivity index (χ0) is 22.9. The van der Waals surface area contributed by atoms with E-state index in [0.29, 0.717) is 11.8 Å². The van der Waals surface area contributed by atoms with Gasteiger partial charge < -0.3 is 14.2 Å². The molecule has 0 N–H and O–H groups in total. The van der Waals surface area contributed by atoms with Crippen LogP contribution in [0.1, 0.15) is 60.3 Å². The average molecular weight is 433 g/mol. The molecule has 1 heterocycles. The van der Waals surface area contributed by atoms with Crippen molar-refractivity contribution in [2.75, 3.05) is 7.11 Å². The second kappa shape index (κ2) is 9.17. The maximum Gasteiger partial charge on any atom is 0.306 e. The summed E-state index contributed by atoms with van der Waals surface area (Å²) in [5, 5.41) is 0. The molecule has 0 radical (unpaired) electrons. The highest BCUT2D eigenvalue weighted by Crippen LogP contribution is 2.64. The van der Waals surface area contributed by atoms with Crippen LogP contribution in [0.5, 0.6) is 0 Å². The van der Waals surface area contributed by atoms with Gasteiger partial charge >= 0.3 is 11.9 Å². The molecule has 0 aromatic rings. The van der Waals surface area contributed by atoms with Crippen molar-refractivity contribution in [3.63, 3.8) is 0 Å². The smallest absolute Gasteiger partial charge is 0.306 e. The summed E-state index contributed by atoms with van der Waals surface area (Å²) in [6.07, 6.45) is 6.05. The fourth-order valence-electron chi connectivity index (χ4n) is 6.50. The van der Waals surface area contributed by atoms with Crippen molar-refractivity contribution >= 4 is 18.2 Å². The van der Waals surface area contributed by atoms with E-state index in [1.54, 1.807) is 6.08 Å². The number of fused-ring (bicyclic) bond motifs is 4. The van der Waals surface area contributed by atoms with Crippen LogP contribution in [0.2, 0.25) is 0 Å². The Hall–Kier alpha value is -2.11. The van der Waals surface area contributed by atoms with Crippen LogP contribution in [0.3, 0.4) is 0 Å². The van der Waals surface area contributed by atoms with Gasteiger partial charge in [0.2, 0.25) is 0 Å². The van der Waals surface area contributed by atoms with Crippen molar-refractivity contribution in [1.29, 1.82) is 0 Å². The molecule has 1 saturated heterocycles. The lowest BCUT2D eigenvalue weighted by molar-refractivity contribution is -0.155. The summed E-state index contributed by atoms with van der Waals surface area (Å²) in [4.78, 5) is 35.4. The summed E-state index contributed by atoms with van der Waals surface area (Å²) in [6, 6.07) is 0. The van der Waals surface area contributed by atoms with Gasteiger partial charge in [-0.2, -0.15) is 0 Å². The highest BCUT2D eigenvalue weighted by molar-refractivity contribution is 5.77. The minimum absolute atomic E-state index is 0.00633. The maximum absolute atomic E-state index is 12.5. The zero-order valence-corrected chi connectivity index (χ0v) is 19.6. The van der Waals surface area contributed by atoms with E-state index in [-0.39, 0.29) is 54.2 Å². The van der Waals surface area contributed by atoms with Gasteiger partial charge in [0, 0.05) is 17.4 Å². The van der Waals surface area contributed by atoms with Crippen LogP contribution in [0, 0.1) is 35.0 Å². The fraction of sp³-hybridized carbons (Fsp3) is 0.720. The molecule has 2 bridgehead atoms. The van der Waals surface area contributed by atoms with Crippen LogP contribution in [-0.4, -0.2) is 37.5 Å². The summed E-state index contributed by atoms with van der Waals surface area (Å²) < 4.78 is 16.9. The van der Waals surface area contributed by atoms with E-state index < -0.39 is 5.97 Å². The quantitative estimate of drug-likeness (QED) is 0.259. The molecule has 1 saturated carbocycles. The largest absolute Gasteiger partial charge is 0.490 e. The Kier molecular flexibility index (Phi) is 6.97. The van der Waals surface area contributed by atoms with E-state index in [4.69, 9.17) is 9.47 Å². The Morgan fingerprint density at radius 1 is 1.26 bits per heavy atom. The molecule has 1 aliphatic heterocycles. The van der Waals surface area contributed by atoms with Crippen LogP contribution in [0.4, 0.5) is 0 Å². The van der Waals surface area contributed by atoms with Gasteiger partial charge in [-0.05, 0) is 41.7 Å². The molecule has 6 heteroatoms. The lowest BCUT2D eigenvalue weighted by atomic mass is 9.51. The van der Waals surface area contributed by atoms with Crippen molar-refractivity contribution in [3.05, 3.63) is 23.5 Å². The molecule has 0 aromatic carbocycles. The number of hydrogen-bond acceptors (Lipinski definition) is 6. The van der Waals surface area contributed by atoms with Gasteiger partial charge in [0.05, 0.1) is 20.0 Å². The van der Waals surface area contributed by atoms with Gasteiger partial charge in [-0.25, -0.2) is 0 Å². The van der Waals surface area contributed by atoms with E-state index in [2.05, 4.69) is 45.4 Å². The molecule has 3 aliphatic rings. The van der Waals surface area contributed by atoms with Crippen molar-refractivity contribution in [2.24, 2.45) is 35.0 Å². The number of methoxy groups -OCH3 is 1. The van der Waals surface area contributed by atoms with E-state index in [0.717, 1.165) is 30.5 Å². The first-order valence-electron chi connectivity index (χ1n) is 11.5. The van der Waals surface area contributed by atoms with E-state index in [1.807, 2.05) is 0 Å². The van der Waals surface area contributed by atoms with Crippen molar-refractivity contribution in [2.45, 2.75) is 72.5 Å². The molecule has 8 atom stereocenters. The van der Waals surface area contributed by atoms with E-state index in [1.165, 1.54) is 7.11 Å². The Labute approximate surface area is 185 Å². The molecular formula is C25H36O6. The Bertz CT molecular complexity index is 783. The SMILES string of the molecule is CCC(C)[C@H]1[C@@H]2C=C3[C@H]([C@H](C)C[C@H](C)[C@H]3OC(=O)CCC(=O)OC)[C@@]1(C)/C(=C/C=O)O2. The van der Waals surface area contributed by atoms with Crippen LogP contribution in [-0.2, 0) is 28.6 Å². The van der Waals surface area contributed by atoms with Crippen molar-refractivity contribution in [1.82, 2.24) is 0 Å². The molecule has 172 valence electrons. The maximum atomic E-state index is 12.5. The lowest BCUT2D eigenvalue weighted by Gasteiger charge is -2.52.